The van der Waals surface area contributed by atoms with Crippen LogP contribution in [0.4, 0.5) is 18.0 Å². The summed E-state index contributed by atoms with van der Waals surface area (Å²) < 4.78 is 38.0. The van der Waals surface area contributed by atoms with E-state index < -0.39 is 40.9 Å². The largest absolute Gasteiger partial charge is 0.416 e. The van der Waals surface area contributed by atoms with E-state index in [1.807, 2.05) is 0 Å². The van der Waals surface area contributed by atoms with Crippen molar-refractivity contribution >= 4 is 23.8 Å². The lowest BCUT2D eigenvalue weighted by Crippen LogP contribution is -2.69. The Labute approximate surface area is 133 Å². The minimum atomic E-state index is -4.64. The topological polar surface area (TPSA) is 101 Å². The lowest BCUT2D eigenvalue weighted by molar-refractivity contribution is -0.154. The molecule has 0 atom stereocenters. The van der Waals surface area contributed by atoms with E-state index in [1.165, 1.54) is 0 Å². The van der Waals surface area contributed by atoms with E-state index >= 15 is 0 Å². The summed E-state index contributed by atoms with van der Waals surface area (Å²) >= 11 is 0. The fourth-order valence-corrected chi connectivity index (χ4v) is 2.50. The summed E-state index contributed by atoms with van der Waals surface area (Å²) in [6.45, 7) is 0. The minimum absolute atomic E-state index is 0.343. The molecule has 1 aliphatic rings. The van der Waals surface area contributed by atoms with Crippen LogP contribution in [0.25, 0.3) is 0 Å². The molecule has 128 valence electrons. The first-order valence-electron chi connectivity index (χ1n) is 6.53. The molecule has 0 bridgehead atoms. The number of nitrogens with zero attached hydrogens (tertiary/aromatic N) is 2. The van der Waals surface area contributed by atoms with Crippen molar-refractivity contribution in [2.45, 2.75) is 11.6 Å². The molecule has 2 N–H and O–H groups in total. The van der Waals surface area contributed by atoms with Gasteiger partial charge in [0.25, 0.3) is 11.8 Å². The van der Waals surface area contributed by atoms with Crippen LogP contribution in [0, 0.1) is 0 Å². The maximum absolute atomic E-state index is 12.7. The van der Waals surface area contributed by atoms with Gasteiger partial charge in [-0.3, -0.25) is 24.2 Å². The highest BCUT2D eigenvalue weighted by Gasteiger charge is 2.61. The maximum atomic E-state index is 12.7. The Kier molecular flexibility index (Phi) is 3.87. The van der Waals surface area contributed by atoms with E-state index in [-0.39, 0.29) is 5.56 Å². The van der Waals surface area contributed by atoms with E-state index in [9.17, 15) is 32.3 Å². The molecule has 1 fully saturated rings. The summed E-state index contributed by atoms with van der Waals surface area (Å²) in [5, 5.41) is 0. The van der Waals surface area contributed by atoms with Crippen molar-refractivity contribution in [3.05, 3.63) is 35.4 Å². The number of urea groups is 1. The van der Waals surface area contributed by atoms with E-state index in [1.54, 1.807) is 0 Å². The summed E-state index contributed by atoms with van der Waals surface area (Å²) in [7, 11) is 2.07. The molecule has 2 rings (SSSR count). The first-order valence-corrected chi connectivity index (χ1v) is 6.53. The van der Waals surface area contributed by atoms with E-state index in [0.29, 0.717) is 21.9 Å². The zero-order valence-corrected chi connectivity index (χ0v) is 12.5. The van der Waals surface area contributed by atoms with E-state index in [0.717, 1.165) is 26.2 Å². The van der Waals surface area contributed by atoms with Gasteiger partial charge in [-0.1, -0.05) is 12.1 Å². The van der Waals surface area contributed by atoms with Gasteiger partial charge in [0.05, 0.1) is 5.56 Å². The summed E-state index contributed by atoms with van der Waals surface area (Å²) in [5.41, 5.74) is 1.27. The van der Waals surface area contributed by atoms with Crippen LogP contribution in [0.3, 0.4) is 0 Å². The number of amides is 5. The van der Waals surface area contributed by atoms with Crippen molar-refractivity contribution in [3.8, 4) is 0 Å². The number of primary amides is 1. The maximum Gasteiger partial charge on any atom is 0.416 e. The molecule has 0 radical (unpaired) electrons. The fraction of sp³-hybridized carbons (Fsp3) is 0.286. The van der Waals surface area contributed by atoms with Crippen molar-refractivity contribution in [1.82, 2.24) is 9.80 Å². The van der Waals surface area contributed by atoms with Crippen LogP contribution in [0.15, 0.2) is 24.3 Å². The van der Waals surface area contributed by atoms with Gasteiger partial charge in [0.15, 0.2) is 0 Å². The van der Waals surface area contributed by atoms with Crippen molar-refractivity contribution in [1.29, 1.82) is 0 Å². The Morgan fingerprint density at radius 2 is 1.42 bits per heavy atom. The second kappa shape index (κ2) is 5.32. The number of imide groups is 2. The number of nitrogens with two attached hydrogens (primary N) is 1. The highest BCUT2D eigenvalue weighted by atomic mass is 19.4. The molecular formula is C14H12F3N3O4. The summed E-state index contributed by atoms with van der Waals surface area (Å²) in [6, 6.07) is 1.91. The van der Waals surface area contributed by atoms with Gasteiger partial charge in [-0.2, -0.15) is 13.2 Å². The average molecular weight is 343 g/mol. The minimum Gasteiger partial charge on any atom is -0.368 e. The van der Waals surface area contributed by atoms with Gasteiger partial charge in [0.1, 0.15) is 0 Å². The Morgan fingerprint density at radius 1 is 1.00 bits per heavy atom. The monoisotopic (exact) mass is 343 g/mol. The van der Waals surface area contributed by atoms with Crippen molar-refractivity contribution in [2.24, 2.45) is 5.73 Å². The van der Waals surface area contributed by atoms with Gasteiger partial charge in [-0.25, -0.2) is 4.79 Å². The molecule has 1 aromatic rings. The second-order valence-electron chi connectivity index (χ2n) is 5.20. The highest BCUT2D eigenvalue weighted by molar-refractivity contribution is 6.34. The van der Waals surface area contributed by atoms with Crippen LogP contribution in [0.5, 0.6) is 0 Å². The lowest BCUT2D eigenvalue weighted by atomic mass is 9.75. The second-order valence-corrected chi connectivity index (χ2v) is 5.20. The Bertz CT molecular complexity index is 719. The van der Waals surface area contributed by atoms with Gasteiger partial charge in [0, 0.05) is 14.1 Å². The number of barbiturate groups is 1. The molecule has 1 aromatic carbocycles. The zero-order chi connectivity index (χ0) is 18.4. The molecule has 10 heteroatoms. The molecule has 0 saturated carbocycles. The molecule has 5 amide bonds. The Morgan fingerprint density at radius 3 is 1.75 bits per heavy atom. The normalized spacial score (nSPS) is 18.1. The Hall–Kier alpha value is -2.91. The number of carbonyl (C=O) groups excluding carboxylic acids is 4. The predicted molar refractivity (Wildman–Crippen MR) is 73.3 cm³/mol. The number of hydrogen-bond acceptors (Lipinski definition) is 4. The van der Waals surface area contributed by atoms with E-state index in [4.69, 9.17) is 5.73 Å². The average Bonchev–Trinajstić information content (AvgIpc) is 2.51. The summed E-state index contributed by atoms with van der Waals surface area (Å²) in [6.07, 6.45) is -4.64. The molecule has 24 heavy (non-hydrogen) atoms. The molecule has 0 aliphatic carbocycles. The third-order valence-electron chi connectivity index (χ3n) is 3.84. The number of likely N-dealkylation sites (N-methyl/N-ethyl adjacent to an activating group) is 2. The molecule has 1 aliphatic heterocycles. The number of rotatable bonds is 2. The Balaban J connectivity index is 2.68. The van der Waals surface area contributed by atoms with Gasteiger partial charge < -0.3 is 5.73 Å². The predicted octanol–water partition coefficient (Wildman–Crippen LogP) is 0.479. The van der Waals surface area contributed by atoms with Gasteiger partial charge in [-0.15, -0.1) is 0 Å². The van der Waals surface area contributed by atoms with Gasteiger partial charge in [0.2, 0.25) is 11.3 Å². The molecule has 1 saturated heterocycles. The molecule has 7 nitrogen and oxygen atoms in total. The van der Waals surface area contributed by atoms with Gasteiger partial charge in [-0.05, 0) is 17.7 Å². The standard InChI is InChI=1S/C14H12F3N3O4/c1-19-10(22)13(9(18)21,11(23)20(2)12(19)24)7-3-5-8(6-4-7)14(15,16)17/h3-6H,1-2H3,(H2,18,21). The number of hydrogen-bond donors (Lipinski definition) is 1. The van der Waals surface area contributed by atoms with Gasteiger partial charge >= 0.3 is 12.2 Å². The number of benzene rings is 1. The van der Waals surface area contributed by atoms with Crippen molar-refractivity contribution in [2.75, 3.05) is 14.1 Å². The first kappa shape index (κ1) is 17.4. The van der Waals surface area contributed by atoms with E-state index in [2.05, 4.69) is 0 Å². The number of halogens is 3. The van der Waals surface area contributed by atoms with Crippen LogP contribution in [0.1, 0.15) is 11.1 Å². The molecule has 0 aromatic heterocycles. The van der Waals surface area contributed by atoms with Crippen LogP contribution in [-0.2, 0) is 26.0 Å². The highest BCUT2D eigenvalue weighted by Crippen LogP contribution is 2.35. The lowest BCUT2D eigenvalue weighted by Gasteiger charge is -2.39. The van der Waals surface area contributed by atoms with Crippen LogP contribution in [0.2, 0.25) is 0 Å². The molecular weight excluding hydrogens is 331 g/mol. The smallest absolute Gasteiger partial charge is 0.368 e. The third kappa shape index (κ3) is 2.22. The summed E-state index contributed by atoms with van der Waals surface area (Å²) in [4.78, 5) is 49.7. The number of carbonyl (C=O) groups is 4. The molecule has 0 unspecified atom stereocenters. The SMILES string of the molecule is CN1C(=O)N(C)C(=O)C(C(N)=O)(c2ccc(C(F)(F)F)cc2)C1=O. The van der Waals surface area contributed by atoms with Crippen molar-refractivity contribution in [3.63, 3.8) is 0 Å². The quantitative estimate of drug-likeness (QED) is 0.789. The number of alkyl halides is 3. The first-order chi connectivity index (χ1) is 11.0. The third-order valence-corrected chi connectivity index (χ3v) is 3.84. The van der Waals surface area contributed by atoms with Crippen molar-refractivity contribution < 1.29 is 32.3 Å². The molecule has 0 spiro atoms. The van der Waals surface area contributed by atoms with Crippen LogP contribution >= 0.6 is 0 Å². The fourth-order valence-electron chi connectivity index (χ4n) is 2.50. The molecule has 1 heterocycles. The van der Waals surface area contributed by atoms with Crippen LogP contribution in [-0.4, -0.2) is 47.6 Å². The zero-order valence-electron chi connectivity index (χ0n) is 12.5. The summed E-state index contributed by atoms with van der Waals surface area (Å²) in [5.74, 6) is -3.82. The van der Waals surface area contributed by atoms with Crippen LogP contribution < -0.4 is 5.73 Å².